The lowest BCUT2D eigenvalue weighted by molar-refractivity contribution is 0.597. The average Bonchev–Trinajstić information content (AvgIpc) is 2.87. The molecule has 3 heteroatoms. The highest BCUT2D eigenvalue weighted by atomic mass is 35.5. The van der Waals surface area contributed by atoms with Crippen molar-refractivity contribution in [2.45, 2.75) is 12.6 Å². The molecule has 2 nitrogen and oxygen atoms in total. The summed E-state index contributed by atoms with van der Waals surface area (Å²) in [6.07, 6.45) is 2.11. The number of halogens is 1. The number of aromatic nitrogens is 1. The molecule has 0 spiro atoms. The van der Waals surface area contributed by atoms with Gasteiger partial charge in [-0.1, -0.05) is 35.9 Å². The Balaban J connectivity index is 1.90. The smallest absolute Gasteiger partial charge is 0.0600 e. The van der Waals surface area contributed by atoms with Crippen molar-refractivity contribution in [3.8, 4) is 0 Å². The van der Waals surface area contributed by atoms with Gasteiger partial charge < -0.3 is 10.3 Å². The van der Waals surface area contributed by atoms with Gasteiger partial charge in [-0.15, -0.1) is 0 Å². The van der Waals surface area contributed by atoms with E-state index in [1.54, 1.807) is 0 Å². The normalized spacial score (nSPS) is 17.8. The highest BCUT2D eigenvalue weighted by Gasteiger charge is 2.23. The van der Waals surface area contributed by atoms with Crippen LogP contribution in [0.2, 0.25) is 5.02 Å². The van der Waals surface area contributed by atoms with Gasteiger partial charge in [0, 0.05) is 28.7 Å². The van der Waals surface area contributed by atoms with Crippen molar-refractivity contribution in [1.29, 1.82) is 0 Å². The number of rotatable bonds is 1. The van der Waals surface area contributed by atoms with E-state index in [1.807, 2.05) is 12.1 Å². The fourth-order valence-corrected chi connectivity index (χ4v) is 3.06. The van der Waals surface area contributed by atoms with Gasteiger partial charge in [0.05, 0.1) is 6.04 Å². The summed E-state index contributed by atoms with van der Waals surface area (Å²) in [5.74, 6) is 0. The molecule has 19 heavy (non-hydrogen) atoms. The van der Waals surface area contributed by atoms with Crippen LogP contribution in [0.15, 0.2) is 48.7 Å². The molecular weight excluding hydrogens is 256 g/mol. The molecule has 2 aromatic carbocycles. The second kappa shape index (κ2) is 4.12. The van der Waals surface area contributed by atoms with E-state index in [2.05, 4.69) is 46.8 Å². The lowest BCUT2D eigenvalue weighted by Gasteiger charge is -2.24. The van der Waals surface area contributed by atoms with Crippen LogP contribution in [0.3, 0.4) is 0 Å². The maximum atomic E-state index is 5.96. The van der Waals surface area contributed by atoms with Crippen LogP contribution in [-0.2, 0) is 6.54 Å². The van der Waals surface area contributed by atoms with Gasteiger partial charge in [0.15, 0.2) is 0 Å². The summed E-state index contributed by atoms with van der Waals surface area (Å²) in [5, 5.41) is 5.73. The molecule has 0 fully saturated rings. The summed E-state index contributed by atoms with van der Waals surface area (Å²) >= 11 is 5.96. The van der Waals surface area contributed by atoms with E-state index in [1.165, 1.54) is 27.6 Å². The second-order valence-electron chi connectivity index (χ2n) is 4.95. The van der Waals surface area contributed by atoms with Gasteiger partial charge in [-0.05, 0) is 34.9 Å². The summed E-state index contributed by atoms with van der Waals surface area (Å²) in [4.78, 5) is 3.36. The van der Waals surface area contributed by atoms with Crippen molar-refractivity contribution in [2.75, 3.05) is 0 Å². The molecule has 2 N–H and O–H groups in total. The van der Waals surface area contributed by atoms with Gasteiger partial charge in [-0.25, -0.2) is 0 Å². The van der Waals surface area contributed by atoms with Crippen molar-refractivity contribution >= 4 is 22.5 Å². The molecule has 4 rings (SSSR count). The van der Waals surface area contributed by atoms with Gasteiger partial charge in [0.2, 0.25) is 0 Å². The third-order valence-corrected chi connectivity index (χ3v) is 4.09. The Labute approximate surface area is 116 Å². The van der Waals surface area contributed by atoms with E-state index in [4.69, 9.17) is 11.6 Å². The Morgan fingerprint density at radius 2 is 1.89 bits per heavy atom. The van der Waals surface area contributed by atoms with Crippen LogP contribution in [-0.4, -0.2) is 4.98 Å². The van der Waals surface area contributed by atoms with E-state index in [0.717, 1.165) is 11.6 Å². The molecule has 0 bridgehead atoms. The van der Waals surface area contributed by atoms with Crippen LogP contribution in [0, 0.1) is 0 Å². The molecular formula is C16H13ClN2. The van der Waals surface area contributed by atoms with Crippen LogP contribution >= 0.6 is 11.6 Å². The van der Waals surface area contributed by atoms with Crippen molar-refractivity contribution in [1.82, 2.24) is 10.3 Å². The summed E-state index contributed by atoms with van der Waals surface area (Å²) in [6.45, 7) is 0.898. The van der Waals surface area contributed by atoms with Gasteiger partial charge in [0.1, 0.15) is 0 Å². The maximum absolute atomic E-state index is 5.96. The molecule has 94 valence electrons. The third-order valence-electron chi connectivity index (χ3n) is 3.83. The van der Waals surface area contributed by atoms with E-state index in [9.17, 15) is 0 Å². The van der Waals surface area contributed by atoms with E-state index in [-0.39, 0.29) is 6.04 Å². The number of nitrogens with one attached hydrogen (secondary N) is 2. The van der Waals surface area contributed by atoms with Crippen molar-refractivity contribution in [3.63, 3.8) is 0 Å². The fraction of sp³-hybridized carbons (Fsp3) is 0.125. The number of aromatic amines is 1. The lowest BCUT2D eigenvalue weighted by Crippen LogP contribution is -2.25. The molecule has 0 aliphatic carbocycles. The van der Waals surface area contributed by atoms with E-state index >= 15 is 0 Å². The minimum Gasteiger partial charge on any atom is -0.361 e. The highest BCUT2D eigenvalue weighted by molar-refractivity contribution is 6.30. The molecule has 1 atom stereocenters. The molecule has 1 aliphatic rings. The first-order valence-corrected chi connectivity index (χ1v) is 6.78. The molecule has 0 saturated carbocycles. The first kappa shape index (κ1) is 11.1. The average molecular weight is 269 g/mol. The lowest BCUT2D eigenvalue weighted by atomic mass is 9.92. The zero-order valence-electron chi connectivity index (χ0n) is 10.3. The monoisotopic (exact) mass is 268 g/mol. The molecule has 0 amide bonds. The Kier molecular flexibility index (Phi) is 2.40. The third kappa shape index (κ3) is 1.68. The Bertz CT molecular complexity index is 743. The minimum atomic E-state index is 0.237. The number of hydrogen-bond acceptors (Lipinski definition) is 1. The van der Waals surface area contributed by atoms with Gasteiger partial charge in [-0.3, -0.25) is 0 Å². The second-order valence-corrected chi connectivity index (χ2v) is 5.39. The Morgan fingerprint density at radius 3 is 2.74 bits per heavy atom. The number of benzene rings is 2. The van der Waals surface area contributed by atoms with Crippen molar-refractivity contribution in [3.05, 3.63) is 70.4 Å². The standard InChI is InChI=1S/C16H13ClN2/c17-12-6-4-10(5-7-12)16-13-9-18-14-3-1-2-11(8-19-16)15(13)14/h1-7,9,16,18-19H,8H2. The quantitative estimate of drug-likeness (QED) is 0.686. The summed E-state index contributed by atoms with van der Waals surface area (Å²) < 4.78 is 0. The van der Waals surface area contributed by atoms with Gasteiger partial charge in [-0.2, -0.15) is 0 Å². The first-order valence-electron chi connectivity index (χ1n) is 6.40. The van der Waals surface area contributed by atoms with Crippen LogP contribution in [0.5, 0.6) is 0 Å². The SMILES string of the molecule is Clc1ccc(C2NCc3cccc4[nH]cc2c34)cc1. The molecule has 1 aromatic heterocycles. The molecule has 0 saturated heterocycles. The molecule has 1 aliphatic heterocycles. The van der Waals surface area contributed by atoms with E-state index < -0.39 is 0 Å². The highest BCUT2D eigenvalue weighted by Crippen LogP contribution is 2.35. The van der Waals surface area contributed by atoms with Crippen molar-refractivity contribution in [2.24, 2.45) is 0 Å². The molecule has 0 radical (unpaired) electrons. The minimum absolute atomic E-state index is 0.237. The van der Waals surface area contributed by atoms with Crippen LogP contribution in [0.4, 0.5) is 0 Å². The predicted molar refractivity (Wildman–Crippen MR) is 78.4 cm³/mol. The first-order chi connectivity index (χ1) is 9.33. The Morgan fingerprint density at radius 1 is 1.05 bits per heavy atom. The topological polar surface area (TPSA) is 27.8 Å². The summed E-state index contributed by atoms with van der Waals surface area (Å²) in [7, 11) is 0. The van der Waals surface area contributed by atoms with Crippen LogP contribution in [0.1, 0.15) is 22.7 Å². The molecule has 3 aromatic rings. The summed E-state index contributed by atoms with van der Waals surface area (Å²) in [5.41, 5.74) is 5.14. The zero-order chi connectivity index (χ0) is 12.8. The number of H-pyrrole nitrogens is 1. The van der Waals surface area contributed by atoms with Gasteiger partial charge >= 0.3 is 0 Å². The van der Waals surface area contributed by atoms with Gasteiger partial charge in [0.25, 0.3) is 0 Å². The van der Waals surface area contributed by atoms with Crippen LogP contribution in [0.25, 0.3) is 10.9 Å². The largest absolute Gasteiger partial charge is 0.361 e. The number of hydrogen-bond donors (Lipinski definition) is 2. The van der Waals surface area contributed by atoms with Crippen molar-refractivity contribution < 1.29 is 0 Å². The fourth-order valence-electron chi connectivity index (χ4n) is 2.94. The molecule has 2 heterocycles. The zero-order valence-corrected chi connectivity index (χ0v) is 11.0. The van der Waals surface area contributed by atoms with Crippen LogP contribution < -0.4 is 5.32 Å². The Hall–Kier alpha value is -1.77. The summed E-state index contributed by atoms with van der Waals surface area (Å²) in [6, 6.07) is 14.7. The predicted octanol–water partition coefficient (Wildman–Crippen LogP) is 4.01. The maximum Gasteiger partial charge on any atom is 0.0600 e. The van der Waals surface area contributed by atoms with E-state index in [0.29, 0.717) is 0 Å². The molecule has 1 unspecified atom stereocenters.